The first-order valence-corrected chi connectivity index (χ1v) is 9.01. The SMILES string of the molecule is CN=C(NCCCCc1ccc([N+](=O)[O-])cc1)NC1CC2CCC1O2.I. The van der Waals surface area contributed by atoms with Gasteiger partial charge in [-0.3, -0.25) is 15.1 Å². The van der Waals surface area contributed by atoms with Gasteiger partial charge in [-0.2, -0.15) is 0 Å². The normalized spacial score (nSPS) is 24.2. The number of hydrogen-bond acceptors (Lipinski definition) is 4. The second kappa shape index (κ2) is 10.1. The van der Waals surface area contributed by atoms with E-state index in [2.05, 4.69) is 15.6 Å². The highest BCUT2D eigenvalue weighted by atomic mass is 127. The molecule has 0 saturated carbocycles. The summed E-state index contributed by atoms with van der Waals surface area (Å²) < 4.78 is 5.86. The molecule has 2 aliphatic heterocycles. The molecule has 0 aliphatic carbocycles. The number of nitro benzene ring substituents is 1. The molecule has 0 radical (unpaired) electrons. The van der Waals surface area contributed by atoms with E-state index in [1.54, 1.807) is 19.2 Å². The van der Waals surface area contributed by atoms with Crippen molar-refractivity contribution in [2.75, 3.05) is 13.6 Å². The van der Waals surface area contributed by atoms with Crippen LogP contribution in [0.4, 0.5) is 5.69 Å². The largest absolute Gasteiger partial charge is 0.373 e. The zero-order chi connectivity index (χ0) is 17.6. The number of fused-ring (bicyclic) bond motifs is 2. The van der Waals surface area contributed by atoms with Crippen LogP contribution in [0.2, 0.25) is 0 Å². The van der Waals surface area contributed by atoms with Crippen molar-refractivity contribution in [2.24, 2.45) is 4.99 Å². The quantitative estimate of drug-likeness (QED) is 0.158. The predicted molar refractivity (Wildman–Crippen MR) is 112 cm³/mol. The third-order valence-electron chi connectivity index (χ3n) is 4.98. The number of ether oxygens (including phenoxy) is 1. The lowest BCUT2D eigenvalue weighted by atomic mass is 9.96. The van der Waals surface area contributed by atoms with Crippen molar-refractivity contribution in [3.8, 4) is 0 Å². The van der Waals surface area contributed by atoms with Crippen LogP contribution in [0.25, 0.3) is 0 Å². The van der Waals surface area contributed by atoms with Gasteiger partial charge in [-0.1, -0.05) is 12.1 Å². The molecule has 2 heterocycles. The number of aryl methyl sites for hydroxylation is 1. The third-order valence-corrected chi connectivity index (χ3v) is 4.98. The van der Waals surface area contributed by atoms with Crippen LogP contribution >= 0.6 is 24.0 Å². The number of benzene rings is 1. The summed E-state index contributed by atoms with van der Waals surface area (Å²) in [5, 5.41) is 17.5. The van der Waals surface area contributed by atoms with Crippen LogP contribution < -0.4 is 10.6 Å². The second-order valence-corrected chi connectivity index (χ2v) is 6.74. The maximum absolute atomic E-state index is 10.6. The molecule has 8 heteroatoms. The smallest absolute Gasteiger partial charge is 0.269 e. The number of hydrogen-bond donors (Lipinski definition) is 2. The van der Waals surface area contributed by atoms with E-state index < -0.39 is 0 Å². The minimum absolute atomic E-state index is 0. The highest BCUT2D eigenvalue weighted by molar-refractivity contribution is 14.0. The monoisotopic (exact) mass is 474 g/mol. The van der Waals surface area contributed by atoms with Crippen LogP contribution in [0.1, 0.15) is 37.7 Å². The summed E-state index contributed by atoms with van der Waals surface area (Å²) in [4.78, 5) is 14.6. The molecule has 3 atom stereocenters. The van der Waals surface area contributed by atoms with Gasteiger partial charge in [0, 0.05) is 25.7 Å². The molecule has 2 saturated heterocycles. The van der Waals surface area contributed by atoms with E-state index in [4.69, 9.17) is 4.74 Å². The average Bonchev–Trinajstić information content (AvgIpc) is 3.23. The van der Waals surface area contributed by atoms with Crippen molar-refractivity contribution in [2.45, 2.75) is 56.8 Å². The van der Waals surface area contributed by atoms with E-state index in [0.29, 0.717) is 18.2 Å². The number of aliphatic imine (C=N–C) groups is 1. The maximum atomic E-state index is 10.6. The highest BCUT2D eigenvalue weighted by Gasteiger charge is 2.41. The summed E-state index contributed by atoms with van der Waals surface area (Å²) in [5.74, 6) is 0.844. The fraction of sp³-hybridized carbons (Fsp3) is 0.611. The standard InChI is InChI=1S/C18H26N4O3.HI/c1-19-18(21-16-12-15-9-10-17(16)25-15)20-11-3-2-4-13-5-7-14(8-6-13)22(23)24;/h5-8,15-17H,2-4,9-12H2,1H3,(H2,19,20,21);1H. The average molecular weight is 474 g/mol. The van der Waals surface area contributed by atoms with Gasteiger partial charge in [0.25, 0.3) is 5.69 Å². The number of unbranched alkanes of at least 4 members (excludes halogenated alkanes) is 1. The van der Waals surface area contributed by atoms with Crippen molar-refractivity contribution in [3.63, 3.8) is 0 Å². The summed E-state index contributed by atoms with van der Waals surface area (Å²) in [5.41, 5.74) is 1.28. The van der Waals surface area contributed by atoms with Crippen LogP contribution in [-0.2, 0) is 11.2 Å². The first-order valence-electron chi connectivity index (χ1n) is 9.01. The summed E-state index contributed by atoms with van der Waals surface area (Å²) in [6.07, 6.45) is 7.15. The number of nitro groups is 1. The van der Waals surface area contributed by atoms with Gasteiger partial charge in [-0.15, -0.1) is 24.0 Å². The minimum atomic E-state index is -0.368. The number of non-ortho nitro benzene ring substituents is 1. The summed E-state index contributed by atoms with van der Waals surface area (Å²) in [7, 11) is 1.79. The molecular weight excluding hydrogens is 447 g/mol. The van der Waals surface area contributed by atoms with Crippen LogP contribution in [0.15, 0.2) is 29.3 Å². The van der Waals surface area contributed by atoms with E-state index in [9.17, 15) is 10.1 Å². The Kier molecular flexibility index (Phi) is 8.08. The van der Waals surface area contributed by atoms with Gasteiger partial charge in [0.05, 0.1) is 23.2 Å². The van der Waals surface area contributed by atoms with Gasteiger partial charge in [0.15, 0.2) is 5.96 Å². The molecule has 2 bridgehead atoms. The number of rotatable bonds is 7. The molecule has 26 heavy (non-hydrogen) atoms. The Bertz CT molecular complexity index is 623. The van der Waals surface area contributed by atoms with E-state index in [1.165, 1.54) is 6.42 Å². The number of nitrogens with one attached hydrogen (secondary N) is 2. The molecule has 2 aliphatic rings. The van der Waals surface area contributed by atoms with Gasteiger partial charge >= 0.3 is 0 Å². The van der Waals surface area contributed by atoms with Crippen LogP contribution in [0.3, 0.4) is 0 Å². The summed E-state index contributed by atoms with van der Waals surface area (Å²) in [6.45, 7) is 0.855. The highest BCUT2D eigenvalue weighted by Crippen LogP contribution is 2.34. The summed E-state index contributed by atoms with van der Waals surface area (Å²) in [6, 6.07) is 7.18. The van der Waals surface area contributed by atoms with Crippen molar-refractivity contribution >= 4 is 35.6 Å². The number of guanidine groups is 1. The zero-order valence-corrected chi connectivity index (χ0v) is 17.3. The van der Waals surface area contributed by atoms with E-state index in [0.717, 1.165) is 50.2 Å². The van der Waals surface area contributed by atoms with Crippen LogP contribution in [0, 0.1) is 10.1 Å². The Morgan fingerprint density at radius 1 is 1.31 bits per heavy atom. The van der Waals surface area contributed by atoms with Gasteiger partial charge < -0.3 is 15.4 Å². The lowest BCUT2D eigenvalue weighted by Gasteiger charge is -2.22. The fourth-order valence-electron chi connectivity index (χ4n) is 3.61. The van der Waals surface area contributed by atoms with E-state index >= 15 is 0 Å². The Balaban J connectivity index is 0.00000243. The molecule has 0 amide bonds. The van der Waals surface area contributed by atoms with Gasteiger partial charge in [0.2, 0.25) is 0 Å². The molecule has 2 fully saturated rings. The third kappa shape index (κ3) is 5.54. The lowest BCUT2D eigenvalue weighted by Crippen LogP contribution is -2.47. The minimum Gasteiger partial charge on any atom is -0.373 e. The molecule has 1 aromatic carbocycles. The van der Waals surface area contributed by atoms with Crippen molar-refractivity contribution in [1.82, 2.24) is 10.6 Å². The lowest BCUT2D eigenvalue weighted by molar-refractivity contribution is -0.384. The van der Waals surface area contributed by atoms with Crippen molar-refractivity contribution < 1.29 is 9.66 Å². The Morgan fingerprint density at radius 2 is 2.08 bits per heavy atom. The Morgan fingerprint density at radius 3 is 2.65 bits per heavy atom. The molecular formula is C18H27IN4O3. The molecule has 2 N–H and O–H groups in total. The summed E-state index contributed by atoms with van der Waals surface area (Å²) >= 11 is 0. The number of halogens is 1. The molecule has 1 aromatic rings. The molecule has 0 aromatic heterocycles. The maximum Gasteiger partial charge on any atom is 0.269 e. The van der Waals surface area contributed by atoms with Crippen molar-refractivity contribution in [3.05, 3.63) is 39.9 Å². The fourth-order valence-corrected chi connectivity index (χ4v) is 3.61. The van der Waals surface area contributed by atoms with E-state index in [-0.39, 0.29) is 34.6 Å². The zero-order valence-electron chi connectivity index (χ0n) is 15.0. The predicted octanol–water partition coefficient (Wildman–Crippen LogP) is 3.02. The van der Waals surface area contributed by atoms with Crippen LogP contribution in [-0.4, -0.2) is 42.7 Å². The second-order valence-electron chi connectivity index (χ2n) is 6.74. The molecule has 144 valence electrons. The Hall–Kier alpha value is -1.42. The van der Waals surface area contributed by atoms with Gasteiger partial charge in [-0.25, -0.2) is 0 Å². The van der Waals surface area contributed by atoms with E-state index in [1.807, 2.05) is 12.1 Å². The molecule has 3 unspecified atom stereocenters. The van der Waals surface area contributed by atoms with Gasteiger partial charge in [-0.05, 0) is 44.1 Å². The molecule has 3 rings (SSSR count). The Labute approximate surface area is 171 Å². The van der Waals surface area contributed by atoms with Crippen molar-refractivity contribution in [1.29, 1.82) is 0 Å². The molecule has 7 nitrogen and oxygen atoms in total. The first kappa shape index (κ1) is 20.9. The first-order chi connectivity index (χ1) is 12.2. The van der Waals surface area contributed by atoms with Gasteiger partial charge in [0.1, 0.15) is 0 Å². The van der Waals surface area contributed by atoms with Crippen LogP contribution in [0.5, 0.6) is 0 Å². The number of nitrogens with zero attached hydrogens (tertiary/aromatic N) is 2. The molecule has 0 spiro atoms. The topological polar surface area (TPSA) is 88.8 Å².